The molecule has 0 unspecified atom stereocenters. The van der Waals surface area contributed by atoms with E-state index in [1.807, 2.05) is 13.8 Å². The minimum atomic E-state index is -0.584. The van der Waals surface area contributed by atoms with Crippen LogP contribution in [0, 0.1) is 18.7 Å². The molecule has 0 amide bonds. The van der Waals surface area contributed by atoms with Crippen molar-refractivity contribution in [3.8, 4) is 0 Å². The fourth-order valence-corrected chi connectivity index (χ4v) is 2.52. The van der Waals surface area contributed by atoms with Crippen LogP contribution in [0.3, 0.4) is 0 Å². The molecule has 0 aliphatic heterocycles. The second kappa shape index (κ2) is 8.45. The van der Waals surface area contributed by atoms with Gasteiger partial charge in [0.1, 0.15) is 17.5 Å². The Hall–Kier alpha value is -1.91. The van der Waals surface area contributed by atoms with E-state index < -0.39 is 29.6 Å². The first-order valence-corrected chi connectivity index (χ1v) is 8.59. The van der Waals surface area contributed by atoms with Crippen LogP contribution in [-0.4, -0.2) is 23.6 Å². The molecule has 0 saturated heterocycles. The molecular formula is C20H29FO4. The number of hydrogen-bond donors (Lipinski definition) is 0. The molecule has 0 heterocycles. The molecule has 1 rings (SSSR count). The van der Waals surface area contributed by atoms with Gasteiger partial charge in [-0.15, -0.1) is 0 Å². The van der Waals surface area contributed by atoms with Crippen LogP contribution in [0.25, 0.3) is 0 Å². The van der Waals surface area contributed by atoms with Gasteiger partial charge < -0.3 is 9.47 Å². The Bertz CT molecular complexity index is 619. The highest BCUT2D eigenvalue weighted by Crippen LogP contribution is 2.26. The van der Waals surface area contributed by atoms with Crippen molar-refractivity contribution >= 4 is 11.9 Å². The normalized spacial score (nSPS) is 15.2. The van der Waals surface area contributed by atoms with E-state index in [-0.39, 0.29) is 18.2 Å². The molecule has 1 aromatic carbocycles. The van der Waals surface area contributed by atoms with Crippen molar-refractivity contribution in [2.45, 2.75) is 72.5 Å². The van der Waals surface area contributed by atoms with Gasteiger partial charge >= 0.3 is 11.9 Å². The number of benzene rings is 1. The predicted octanol–water partition coefficient (Wildman–Crippen LogP) is 4.54. The van der Waals surface area contributed by atoms with Crippen molar-refractivity contribution in [2.24, 2.45) is 5.92 Å². The first kappa shape index (κ1) is 21.1. The molecule has 4 nitrogen and oxygen atoms in total. The zero-order valence-corrected chi connectivity index (χ0v) is 16.2. The molecule has 3 atom stereocenters. The number of esters is 2. The van der Waals surface area contributed by atoms with Crippen LogP contribution in [-0.2, 0) is 19.1 Å². The summed E-state index contributed by atoms with van der Waals surface area (Å²) < 4.78 is 24.0. The number of ether oxygens (including phenoxy) is 2. The summed E-state index contributed by atoms with van der Waals surface area (Å²) in [6, 6.07) is 4.58. The summed E-state index contributed by atoms with van der Waals surface area (Å²) in [5.41, 5.74) is 1.17. The van der Waals surface area contributed by atoms with Crippen LogP contribution in [0.1, 0.15) is 65.0 Å². The van der Waals surface area contributed by atoms with Gasteiger partial charge in [0.25, 0.3) is 0 Å². The van der Waals surface area contributed by atoms with E-state index in [1.54, 1.807) is 40.7 Å². The second-order valence-corrected chi connectivity index (χ2v) is 7.62. The van der Waals surface area contributed by atoms with Gasteiger partial charge in [-0.3, -0.25) is 9.59 Å². The van der Waals surface area contributed by atoms with Crippen molar-refractivity contribution in [1.82, 2.24) is 0 Å². The summed E-state index contributed by atoms with van der Waals surface area (Å²) >= 11 is 0. The monoisotopic (exact) mass is 352 g/mol. The number of aryl methyl sites for hydroxylation is 1. The first-order chi connectivity index (χ1) is 11.4. The van der Waals surface area contributed by atoms with Gasteiger partial charge in [0.05, 0.1) is 12.3 Å². The van der Waals surface area contributed by atoms with Crippen molar-refractivity contribution in [1.29, 1.82) is 0 Å². The van der Waals surface area contributed by atoms with Crippen LogP contribution < -0.4 is 0 Å². The zero-order chi connectivity index (χ0) is 19.4. The fraction of sp³-hybridized carbons (Fsp3) is 0.600. The van der Waals surface area contributed by atoms with Gasteiger partial charge in [0, 0.05) is 5.92 Å². The van der Waals surface area contributed by atoms with Gasteiger partial charge in [0.2, 0.25) is 0 Å². The molecule has 0 radical (unpaired) electrons. The van der Waals surface area contributed by atoms with Gasteiger partial charge in [-0.05, 0) is 57.9 Å². The third-order valence-corrected chi connectivity index (χ3v) is 4.02. The second-order valence-electron chi connectivity index (χ2n) is 7.62. The lowest BCUT2D eigenvalue weighted by molar-refractivity contribution is -0.163. The standard InChI is InChI=1S/C20H29FO4/c1-12-10-16(21)8-9-17(12)14(3)15(4)24-19(23)13(2)11-18(22)25-20(5,6)7/h8-10,13-15H,11H2,1-7H3/t13-,14-,15+/m1/s1. The molecule has 5 heteroatoms. The third kappa shape index (κ3) is 6.85. The summed E-state index contributed by atoms with van der Waals surface area (Å²) in [4.78, 5) is 24.1. The summed E-state index contributed by atoms with van der Waals surface area (Å²) in [5.74, 6) is -1.82. The van der Waals surface area contributed by atoms with Crippen molar-refractivity contribution < 1.29 is 23.5 Å². The van der Waals surface area contributed by atoms with E-state index in [4.69, 9.17) is 9.47 Å². The highest BCUT2D eigenvalue weighted by molar-refractivity contribution is 5.79. The summed E-state index contributed by atoms with van der Waals surface area (Å²) in [6.45, 7) is 12.5. The van der Waals surface area contributed by atoms with Gasteiger partial charge in [-0.25, -0.2) is 4.39 Å². The Balaban J connectivity index is 2.64. The number of carbonyl (C=O) groups excluding carboxylic acids is 2. The average molecular weight is 352 g/mol. The molecule has 0 aliphatic rings. The van der Waals surface area contributed by atoms with Gasteiger partial charge in [-0.1, -0.05) is 19.9 Å². The van der Waals surface area contributed by atoms with Crippen molar-refractivity contribution in [3.63, 3.8) is 0 Å². The summed E-state index contributed by atoms with van der Waals surface area (Å²) in [7, 11) is 0. The quantitative estimate of drug-likeness (QED) is 0.706. The molecule has 0 N–H and O–H groups in total. The van der Waals surface area contributed by atoms with Crippen LogP contribution >= 0.6 is 0 Å². The maximum atomic E-state index is 13.2. The molecule has 0 aliphatic carbocycles. The smallest absolute Gasteiger partial charge is 0.309 e. The average Bonchev–Trinajstić information content (AvgIpc) is 2.44. The predicted molar refractivity (Wildman–Crippen MR) is 94.7 cm³/mol. The Labute approximate surface area is 149 Å². The van der Waals surface area contributed by atoms with Crippen molar-refractivity contribution in [2.75, 3.05) is 0 Å². The van der Waals surface area contributed by atoms with Gasteiger partial charge in [0.15, 0.2) is 0 Å². The number of halogens is 1. The number of rotatable bonds is 6. The van der Waals surface area contributed by atoms with E-state index in [0.717, 1.165) is 11.1 Å². The Morgan fingerprint density at radius 3 is 2.28 bits per heavy atom. The topological polar surface area (TPSA) is 52.6 Å². The maximum Gasteiger partial charge on any atom is 0.309 e. The fourth-order valence-electron chi connectivity index (χ4n) is 2.52. The highest BCUT2D eigenvalue weighted by atomic mass is 19.1. The molecule has 140 valence electrons. The Kier molecular flexibility index (Phi) is 7.15. The van der Waals surface area contributed by atoms with E-state index in [9.17, 15) is 14.0 Å². The molecule has 25 heavy (non-hydrogen) atoms. The van der Waals surface area contributed by atoms with Gasteiger partial charge in [-0.2, -0.15) is 0 Å². The molecule has 0 spiro atoms. The van der Waals surface area contributed by atoms with E-state index in [1.165, 1.54) is 12.1 Å². The summed E-state index contributed by atoms with van der Waals surface area (Å²) in [6.07, 6.45) is -0.412. The van der Waals surface area contributed by atoms with E-state index in [0.29, 0.717) is 0 Å². The SMILES string of the molecule is Cc1cc(F)ccc1[C@H](C)[C@H](C)OC(=O)[C@H](C)CC(=O)OC(C)(C)C. The minimum Gasteiger partial charge on any atom is -0.462 e. The highest BCUT2D eigenvalue weighted by Gasteiger charge is 2.26. The van der Waals surface area contributed by atoms with Crippen molar-refractivity contribution in [3.05, 3.63) is 35.1 Å². The van der Waals surface area contributed by atoms with Crippen LogP contribution in [0.4, 0.5) is 4.39 Å². The third-order valence-electron chi connectivity index (χ3n) is 4.02. The van der Waals surface area contributed by atoms with E-state index in [2.05, 4.69) is 0 Å². The maximum absolute atomic E-state index is 13.2. The van der Waals surface area contributed by atoms with Crippen LogP contribution in [0.15, 0.2) is 18.2 Å². The summed E-state index contributed by atoms with van der Waals surface area (Å²) in [5, 5.41) is 0. The largest absolute Gasteiger partial charge is 0.462 e. The lowest BCUT2D eigenvalue weighted by atomic mass is 9.92. The lowest BCUT2D eigenvalue weighted by Gasteiger charge is -2.24. The molecule has 1 aromatic rings. The number of hydrogen-bond acceptors (Lipinski definition) is 4. The molecule has 0 aromatic heterocycles. The Morgan fingerprint density at radius 1 is 1.16 bits per heavy atom. The molecule has 0 fully saturated rings. The minimum absolute atomic E-state index is 0.0211. The number of carbonyl (C=O) groups is 2. The first-order valence-electron chi connectivity index (χ1n) is 8.59. The van der Waals surface area contributed by atoms with E-state index >= 15 is 0 Å². The van der Waals surface area contributed by atoms with Crippen LogP contribution in [0.5, 0.6) is 0 Å². The Morgan fingerprint density at radius 2 is 1.76 bits per heavy atom. The van der Waals surface area contributed by atoms with Crippen LogP contribution in [0.2, 0.25) is 0 Å². The zero-order valence-electron chi connectivity index (χ0n) is 16.2. The lowest BCUT2D eigenvalue weighted by Crippen LogP contribution is -2.29. The molecular weight excluding hydrogens is 323 g/mol. The molecule has 0 bridgehead atoms. The molecule has 0 saturated carbocycles.